The van der Waals surface area contributed by atoms with Gasteiger partial charge in [-0.05, 0) is 56.8 Å². The molecule has 0 saturated heterocycles. The average molecular weight is 367 g/mol. The highest BCUT2D eigenvalue weighted by atomic mass is 79.9. The Morgan fingerprint density at radius 2 is 2.25 bits per heavy atom. The van der Waals surface area contributed by atoms with Gasteiger partial charge < -0.3 is 5.32 Å². The molecule has 0 aromatic carbocycles. The lowest BCUT2D eigenvalue weighted by Crippen LogP contribution is -2.25. The fourth-order valence-electron chi connectivity index (χ4n) is 2.14. The summed E-state index contributed by atoms with van der Waals surface area (Å²) in [5.41, 5.74) is 0. The third-order valence-corrected chi connectivity index (χ3v) is 6.62. The summed E-state index contributed by atoms with van der Waals surface area (Å²) in [4.78, 5) is 1.45. The molecule has 0 radical (unpaired) electrons. The van der Waals surface area contributed by atoms with Gasteiger partial charge in [-0.1, -0.05) is 26.2 Å². The second-order valence-corrected chi connectivity index (χ2v) is 7.67. The molecule has 0 bridgehead atoms. The molecule has 1 aromatic rings. The summed E-state index contributed by atoms with van der Waals surface area (Å²) in [6.07, 6.45) is 5.58. The maximum atomic E-state index is 3.61. The van der Waals surface area contributed by atoms with Gasteiger partial charge in [0.15, 0.2) is 0 Å². The lowest BCUT2D eigenvalue weighted by Gasteiger charge is -2.29. The van der Waals surface area contributed by atoms with Gasteiger partial charge >= 0.3 is 0 Å². The lowest BCUT2D eigenvalue weighted by molar-refractivity contribution is 0.264. The van der Waals surface area contributed by atoms with Gasteiger partial charge in [0, 0.05) is 15.4 Å². The van der Waals surface area contributed by atoms with Crippen LogP contribution in [0.15, 0.2) is 14.3 Å². The van der Waals surface area contributed by atoms with E-state index in [2.05, 4.69) is 50.2 Å². The van der Waals surface area contributed by atoms with Crippen LogP contribution < -0.4 is 5.32 Å². The first-order chi connectivity index (χ1) is 7.70. The predicted molar refractivity (Wildman–Crippen MR) is 78.1 cm³/mol. The van der Waals surface area contributed by atoms with Crippen molar-refractivity contribution in [3.63, 3.8) is 0 Å². The van der Waals surface area contributed by atoms with Gasteiger partial charge in [-0.2, -0.15) is 0 Å². The molecule has 1 heterocycles. The second-order valence-electron chi connectivity index (χ2n) is 4.41. The van der Waals surface area contributed by atoms with Crippen molar-refractivity contribution in [2.24, 2.45) is 5.92 Å². The van der Waals surface area contributed by atoms with E-state index >= 15 is 0 Å². The summed E-state index contributed by atoms with van der Waals surface area (Å²) in [6, 6.07) is 2.80. The molecule has 0 amide bonds. The molecule has 1 N–H and O–H groups in total. The van der Waals surface area contributed by atoms with Crippen LogP contribution in [0.3, 0.4) is 0 Å². The monoisotopic (exact) mass is 365 g/mol. The number of hydrogen-bond acceptors (Lipinski definition) is 2. The van der Waals surface area contributed by atoms with Gasteiger partial charge in [-0.15, -0.1) is 11.3 Å². The quantitative estimate of drug-likeness (QED) is 0.762. The topological polar surface area (TPSA) is 12.0 Å². The maximum absolute atomic E-state index is 3.61. The summed E-state index contributed by atoms with van der Waals surface area (Å²) < 4.78 is 2.39. The molecule has 1 nitrogen and oxygen atoms in total. The standard InChI is InChI=1S/C12H17Br2NS/c1-2-15-10(6-8-4-3-5-8)11-7-9(13)12(14)16-11/h7-8,10,15H,2-6H2,1H3. The third kappa shape index (κ3) is 3.09. The number of hydrogen-bond donors (Lipinski definition) is 1. The number of thiophene rings is 1. The van der Waals surface area contributed by atoms with Gasteiger partial charge in [0.25, 0.3) is 0 Å². The zero-order chi connectivity index (χ0) is 11.5. The van der Waals surface area contributed by atoms with Crippen molar-refractivity contribution in [3.05, 3.63) is 19.2 Å². The van der Waals surface area contributed by atoms with Crippen LogP contribution in [-0.2, 0) is 0 Å². The highest BCUT2D eigenvalue weighted by Crippen LogP contribution is 2.40. The van der Waals surface area contributed by atoms with Crippen LogP contribution in [0.2, 0.25) is 0 Å². The van der Waals surface area contributed by atoms with Gasteiger partial charge in [0.05, 0.1) is 3.79 Å². The van der Waals surface area contributed by atoms with Crippen LogP contribution in [0.5, 0.6) is 0 Å². The number of rotatable bonds is 5. The van der Waals surface area contributed by atoms with Crippen molar-refractivity contribution in [3.8, 4) is 0 Å². The summed E-state index contributed by atoms with van der Waals surface area (Å²) in [5, 5.41) is 3.61. The predicted octanol–water partition coefficient (Wildman–Crippen LogP) is 5.11. The van der Waals surface area contributed by atoms with E-state index in [1.165, 1.54) is 38.8 Å². The highest BCUT2D eigenvalue weighted by molar-refractivity contribution is 9.13. The molecule has 4 heteroatoms. The first kappa shape index (κ1) is 13.1. The van der Waals surface area contributed by atoms with E-state index in [0.717, 1.165) is 12.5 Å². The van der Waals surface area contributed by atoms with Crippen LogP contribution in [0.4, 0.5) is 0 Å². The molecule has 1 aliphatic rings. The minimum absolute atomic E-state index is 0.544. The van der Waals surface area contributed by atoms with Crippen molar-refractivity contribution < 1.29 is 0 Å². The number of nitrogens with one attached hydrogen (secondary N) is 1. The Morgan fingerprint density at radius 3 is 2.69 bits per heavy atom. The molecular weight excluding hydrogens is 350 g/mol. The van der Waals surface area contributed by atoms with E-state index in [9.17, 15) is 0 Å². The Labute approximate surface area is 118 Å². The van der Waals surface area contributed by atoms with Crippen LogP contribution in [-0.4, -0.2) is 6.54 Å². The Balaban J connectivity index is 2.04. The molecule has 1 aliphatic carbocycles. The zero-order valence-corrected chi connectivity index (χ0v) is 13.4. The molecule has 0 aliphatic heterocycles. The van der Waals surface area contributed by atoms with Gasteiger partial charge in [0.1, 0.15) is 0 Å². The Hall–Kier alpha value is 0.620. The molecule has 1 fully saturated rings. The van der Waals surface area contributed by atoms with E-state index in [1.54, 1.807) is 0 Å². The molecule has 1 aromatic heterocycles. The van der Waals surface area contributed by atoms with Crippen LogP contribution in [0.25, 0.3) is 0 Å². The molecular formula is C12H17Br2NS. The molecule has 1 unspecified atom stereocenters. The van der Waals surface area contributed by atoms with Crippen molar-refractivity contribution in [1.29, 1.82) is 0 Å². The van der Waals surface area contributed by atoms with E-state index in [-0.39, 0.29) is 0 Å². The van der Waals surface area contributed by atoms with E-state index in [4.69, 9.17) is 0 Å². The smallest absolute Gasteiger partial charge is 0.0843 e. The Morgan fingerprint density at radius 1 is 1.50 bits per heavy atom. The third-order valence-electron chi connectivity index (χ3n) is 3.25. The first-order valence-electron chi connectivity index (χ1n) is 5.88. The minimum Gasteiger partial charge on any atom is -0.310 e. The summed E-state index contributed by atoms with van der Waals surface area (Å²) in [6.45, 7) is 3.23. The zero-order valence-electron chi connectivity index (χ0n) is 9.43. The summed E-state index contributed by atoms with van der Waals surface area (Å²) in [5.74, 6) is 0.948. The molecule has 1 atom stereocenters. The fourth-order valence-corrected chi connectivity index (χ4v) is 4.32. The second kappa shape index (κ2) is 5.98. The highest BCUT2D eigenvalue weighted by Gasteiger charge is 2.24. The van der Waals surface area contributed by atoms with Crippen molar-refractivity contribution >= 4 is 43.2 Å². The van der Waals surface area contributed by atoms with E-state index in [1.807, 2.05) is 11.3 Å². The van der Waals surface area contributed by atoms with Crippen molar-refractivity contribution in [2.75, 3.05) is 6.54 Å². The van der Waals surface area contributed by atoms with Crippen molar-refractivity contribution in [1.82, 2.24) is 5.32 Å². The molecule has 2 rings (SSSR count). The summed E-state index contributed by atoms with van der Waals surface area (Å²) in [7, 11) is 0. The fraction of sp³-hybridized carbons (Fsp3) is 0.667. The van der Waals surface area contributed by atoms with Crippen LogP contribution >= 0.6 is 43.2 Å². The Kier molecular flexibility index (Phi) is 4.89. The van der Waals surface area contributed by atoms with Gasteiger partial charge in [-0.3, -0.25) is 0 Å². The van der Waals surface area contributed by atoms with E-state index < -0.39 is 0 Å². The molecule has 90 valence electrons. The molecule has 16 heavy (non-hydrogen) atoms. The SMILES string of the molecule is CCNC(CC1CCC1)c1cc(Br)c(Br)s1. The van der Waals surface area contributed by atoms with Crippen LogP contribution in [0, 0.1) is 5.92 Å². The van der Waals surface area contributed by atoms with E-state index in [0.29, 0.717) is 6.04 Å². The average Bonchev–Trinajstić information content (AvgIpc) is 2.51. The Bertz CT molecular complexity index is 327. The maximum Gasteiger partial charge on any atom is 0.0843 e. The number of halogens is 2. The van der Waals surface area contributed by atoms with Crippen molar-refractivity contribution in [2.45, 2.75) is 38.6 Å². The molecule has 0 spiro atoms. The molecule has 1 saturated carbocycles. The lowest BCUT2D eigenvalue weighted by atomic mass is 9.80. The normalized spacial score (nSPS) is 18.4. The largest absolute Gasteiger partial charge is 0.310 e. The first-order valence-corrected chi connectivity index (χ1v) is 8.29. The summed E-state index contributed by atoms with van der Waals surface area (Å²) >= 11 is 8.99. The van der Waals surface area contributed by atoms with Crippen LogP contribution in [0.1, 0.15) is 43.5 Å². The minimum atomic E-state index is 0.544. The van der Waals surface area contributed by atoms with Gasteiger partial charge in [0.2, 0.25) is 0 Å². The van der Waals surface area contributed by atoms with Gasteiger partial charge in [-0.25, -0.2) is 0 Å².